The molecule has 1 aromatic rings. The van der Waals surface area contributed by atoms with Crippen LogP contribution in [-0.2, 0) is 0 Å². The van der Waals surface area contributed by atoms with Crippen molar-refractivity contribution in [1.29, 1.82) is 0 Å². The van der Waals surface area contributed by atoms with Crippen molar-refractivity contribution in [3.05, 3.63) is 23.9 Å². The topological polar surface area (TPSA) is 71.2 Å². The zero-order chi connectivity index (χ0) is 13.1. The van der Waals surface area contributed by atoms with Crippen molar-refractivity contribution in [2.75, 3.05) is 18.9 Å². The number of nitrogens with zero attached hydrogens (tertiary/aromatic N) is 2. The summed E-state index contributed by atoms with van der Waals surface area (Å²) in [5, 5.41) is 3.27. The lowest BCUT2D eigenvalue weighted by Crippen LogP contribution is -2.36. The number of hydrogen-bond donors (Lipinski definition) is 2. The van der Waals surface area contributed by atoms with E-state index in [0.717, 1.165) is 18.4 Å². The van der Waals surface area contributed by atoms with Gasteiger partial charge in [0.1, 0.15) is 5.82 Å². The quantitative estimate of drug-likeness (QED) is 0.790. The minimum absolute atomic E-state index is 0.434. The SMILES string of the molecule is CC(CNc1ccc(C(N)=O)cn1)N(C)C1CC1. The average Bonchev–Trinajstić information content (AvgIpc) is 3.19. The van der Waals surface area contributed by atoms with Crippen LogP contribution in [0.5, 0.6) is 0 Å². The van der Waals surface area contributed by atoms with Crippen LogP contribution in [0.25, 0.3) is 0 Å². The molecule has 5 nitrogen and oxygen atoms in total. The summed E-state index contributed by atoms with van der Waals surface area (Å²) in [6.07, 6.45) is 4.12. The number of likely N-dealkylation sites (N-methyl/N-ethyl adjacent to an activating group) is 1. The molecule has 3 N–H and O–H groups in total. The summed E-state index contributed by atoms with van der Waals surface area (Å²) in [7, 11) is 2.16. The number of hydrogen-bond acceptors (Lipinski definition) is 4. The van der Waals surface area contributed by atoms with Gasteiger partial charge in [-0.25, -0.2) is 4.98 Å². The fourth-order valence-electron chi connectivity index (χ4n) is 1.88. The van der Waals surface area contributed by atoms with Crippen molar-refractivity contribution in [3.8, 4) is 0 Å². The van der Waals surface area contributed by atoms with Gasteiger partial charge in [0.05, 0.1) is 5.56 Å². The summed E-state index contributed by atoms with van der Waals surface area (Å²) in [6, 6.07) is 4.69. The fraction of sp³-hybridized carbons (Fsp3) is 0.538. The number of carbonyl (C=O) groups is 1. The van der Waals surface area contributed by atoms with Crippen LogP contribution in [0.1, 0.15) is 30.1 Å². The Hall–Kier alpha value is -1.62. The third-order valence-electron chi connectivity index (χ3n) is 3.44. The lowest BCUT2D eigenvalue weighted by atomic mass is 10.2. The summed E-state index contributed by atoms with van der Waals surface area (Å²) in [6.45, 7) is 3.04. The monoisotopic (exact) mass is 248 g/mol. The van der Waals surface area contributed by atoms with Crippen molar-refractivity contribution < 1.29 is 4.79 Å². The second-order valence-corrected chi connectivity index (χ2v) is 4.92. The van der Waals surface area contributed by atoms with Gasteiger partial charge < -0.3 is 11.1 Å². The predicted molar refractivity (Wildman–Crippen MR) is 71.5 cm³/mol. The molecule has 2 rings (SSSR count). The van der Waals surface area contributed by atoms with Gasteiger partial charge in [-0.1, -0.05) is 0 Å². The van der Waals surface area contributed by atoms with Crippen molar-refractivity contribution >= 4 is 11.7 Å². The first-order valence-corrected chi connectivity index (χ1v) is 6.29. The summed E-state index contributed by atoms with van der Waals surface area (Å²) >= 11 is 0. The van der Waals surface area contributed by atoms with Crippen LogP contribution in [0.2, 0.25) is 0 Å². The molecule has 1 aliphatic rings. The zero-order valence-corrected chi connectivity index (χ0v) is 10.9. The highest BCUT2D eigenvalue weighted by molar-refractivity contribution is 5.92. The molecule has 0 aliphatic heterocycles. The zero-order valence-electron chi connectivity index (χ0n) is 10.9. The molecular formula is C13H20N4O. The largest absolute Gasteiger partial charge is 0.369 e. The molecule has 0 saturated heterocycles. The minimum Gasteiger partial charge on any atom is -0.369 e. The summed E-state index contributed by atoms with van der Waals surface area (Å²) in [5.74, 6) is 0.326. The molecule has 98 valence electrons. The standard InChI is InChI=1S/C13H20N4O/c1-9(17(2)11-4-5-11)7-15-12-6-3-10(8-16-12)13(14)18/h3,6,8-9,11H,4-5,7H2,1-2H3,(H2,14,18)(H,15,16). The van der Waals surface area contributed by atoms with E-state index < -0.39 is 5.91 Å². The van der Waals surface area contributed by atoms with Crippen molar-refractivity contribution in [2.24, 2.45) is 5.73 Å². The lowest BCUT2D eigenvalue weighted by molar-refractivity contribution is 0.1000. The van der Waals surface area contributed by atoms with E-state index in [0.29, 0.717) is 11.6 Å². The van der Waals surface area contributed by atoms with Gasteiger partial charge in [-0.3, -0.25) is 9.69 Å². The van der Waals surface area contributed by atoms with Gasteiger partial charge >= 0.3 is 0 Å². The molecule has 0 radical (unpaired) electrons. The average molecular weight is 248 g/mol. The van der Waals surface area contributed by atoms with Crippen molar-refractivity contribution in [1.82, 2.24) is 9.88 Å². The molecule has 5 heteroatoms. The van der Waals surface area contributed by atoms with Crippen LogP contribution >= 0.6 is 0 Å². The van der Waals surface area contributed by atoms with Crippen LogP contribution in [-0.4, -0.2) is 41.5 Å². The second-order valence-electron chi connectivity index (χ2n) is 4.92. The number of amides is 1. The van der Waals surface area contributed by atoms with Crippen LogP contribution in [0, 0.1) is 0 Å². The molecule has 1 atom stereocenters. The van der Waals surface area contributed by atoms with E-state index in [4.69, 9.17) is 5.73 Å². The number of rotatable bonds is 6. The summed E-state index contributed by atoms with van der Waals surface area (Å²) < 4.78 is 0. The van der Waals surface area contributed by atoms with Gasteiger partial charge in [0.2, 0.25) is 5.91 Å². The maximum Gasteiger partial charge on any atom is 0.250 e. The first-order chi connectivity index (χ1) is 8.58. The Labute approximate surface area is 107 Å². The van der Waals surface area contributed by atoms with Gasteiger partial charge in [-0.05, 0) is 38.9 Å². The maximum absolute atomic E-state index is 10.9. The Morgan fingerprint density at radius 1 is 1.61 bits per heavy atom. The van der Waals surface area contributed by atoms with E-state index in [1.807, 2.05) is 0 Å². The lowest BCUT2D eigenvalue weighted by Gasteiger charge is -2.24. The molecule has 0 spiro atoms. The Balaban J connectivity index is 1.83. The van der Waals surface area contributed by atoms with Gasteiger partial charge in [0.15, 0.2) is 0 Å². The Morgan fingerprint density at radius 3 is 2.83 bits per heavy atom. The molecular weight excluding hydrogens is 228 g/mol. The third-order valence-corrected chi connectivity index (χ3v) is 3.44. The highest BCUT2D eigenvalue weighted by atomic mass is 16.1. The molecule has 1 fully saturated rings. The Bertz CT molecular complexity index is 414. The Kier molecular flexibility index (Phi) is 3.81. The molecule has 1 heterocycles. The van der Waals surface area contributed by atoms with E-state index in [2.05, 4.69) is 29.2 Å². The highest BCUT2D eigenvalue weighted by Gasteiger charge is 2.28. The number of nitrogens with two attached hydrogens (primary N) is 1. The fourth-order valence-corrected chi connectivity index (χ4v) is 1.88. The van der Waals surface area contributed by atoms with Crippen LogP contribution < -0.4 is 11.1 Å². The van der Waals surface area contributed by atoms with E-state index >= 15 is 0 Å². The highest BCUT2D eigenvalue weighted by Crippen LogP contribution is 2.26. The molecule has 1 aliphatic carbocycles. The number of pyridine rings is 1. The van der Waals surface area contributed by atoms with Crippen molar-refractivity contribution in [3.63, 3.8) is 0 Å². The van der Waals surface area contributed by atoms with Gasteiger partial charge in [0.25, 0.3) is 0 Å². The predicted octanol–water partition coefficient (Wildman–Crippen LogP) is 1.08. The van der Waals surface area contributed by atoms with E-state index in [1.165, 1.54) is 19.0 Å². The number of aromatic nitrogens is 1. The molecule has 1 saturated carbocycles. The van der Waals surface area contributed by atoms with Gasteiger partial charge in [-0.15, -0.1) is 0 Å². The third kappa shape index (κ3) is 3.20. The number of primary amides is 1. The van der Waals surface area contributed by atoms with Crippen LogP contribution in [0.3, 0.4) is 0 Å². The molecule has 0 bridgehead atoms. The minimum atomic E-state index is -0.448. The smallest absolute Gasteiger partial charge is 0.250 e. The molecule has 18 heavy (non-hydrogen) atoms. The number of nitrogens with one attached hydrogen (secondary N) is 1. The van der Waals surface area contributed by atoms with E-state index in [9.17, 15) is 4.79 Å². The summed E-state index contributed by atoms with van der Waals surface area (Å²) in [4.78, 5) is 17.5. The number of carbonyl (C=O) groups excluding carboxylic acids is 1. The maximum atomic E-state index is 10.9. The molecule has 1 amide bonds. The normalized spacial score (nSPS) is 16.6. The molecule has 0 aromatic carbocycles. The van der Waals surface area contributed by atoms with Crippen molar-refractivity contribution in [2.45, 2.75) is 31.8 Å². The second kappa shape index (κ2) is 5.35. The first kappa shape index (κ1) is 12.8. The number of anilines is 1. The van der Waals surface area contributed by atoms with E-state index in [1.54, 1.807) is 12.1 Å². The Morgan fingerprint density at radius 2 is 2.33 bits per heavy atom. The van der Waals surface area contributed by atoms with Crippen LogP contribution in [0.4, 0.5) is 5.82 Å². The van der Waals surface area contributed by atoms with Gasteiger partial charge in [0, 0.05) is 24.8 Å². The van der Waals surface area contributed by atoms with Gasteiger partial charge in [-0.2, -0.15) is 0 Å². The molecule has 1 aromatic heterocycles. The first-order valence-electron chi connectivity index (χ1n) is 6.29. The summed E-state index contributed by atoms with van der Waals surface area (Å²) in [5.41, 5.74) is 5.59. The molecule has 1 unspecified atom stereocenters. The van der Waals surface area contributed by atoms with E-state index in [-0.39, 0.29) is 0 Å². The van der Waals surface area contributed by atoms with Crippen LogP contribution in [0.15, 0.2) is 18.3 Å².